The van der Waals surface area contributed by atoms with E-state index < -0.39 is 38.6 Å². The molecule has 8 nitrogen and oxygen atoms in total. The van der Waals surface area contributed by atoms with Gasteiger partial charge >= 0.3 is 17.6 Å². The summed E-state index contributed by atoms with van der Waals surface area (Å²) in [4.78, 5) is 19.8. The lowest BCUT2D eigenvalue weighted by molar-refractivity contribution is -0.392. The molecule has 1 N–H and O–H groups in total. The van der Waals surface area contributed by atoms with Gasteiger partial charge in [0, 0.05) is 17.8 Å². The molecule has 0 bridgehead atoms. The minimum Gasteiger partial charge on any atom is -0.266 e. The van der Waals surface area contributed by atoms with E-state index in [9.17, 15) is 33.4 Å². The van der Waals surface area contributed by atoms with Crippen LogP contribution in [0.5, 0.6) is 0 Å². The summed E-state index contributed by atoms with van der Waals surface area (Å²) in [5.41, 5.74) is -1.64. The molecule has 0 spiro atoms. The van der Waals surface area contributed by atoms with E-state index in [1.54, 1.807) is 6.92 Å². The van der Waals surface area contributed by atoms with E-state index >= 15 is 0 Å². The van der Waals surface area contributed by atoms with Crippen LogP contribution < -0.4 is 5.43 Å². The fourth-order valence-corrected chi connectivity index (χ4v) is 1.73. The molecule has 24 heavy (non-hydrogen) atoms. The number of rotatable bonds is 6. The van der Waals surface area contributed by atoms with Crippen LogP contribution in [0, 0.1) is 26.1 Å². The molecule has 132 valence electrons. The summed E-state index contributed by atoms with van der Waals surface area (Å²) in [5, 5.41) is 25.9. The maximum atomic E-state index is 12.8. The summed E-state index contributed by atoms with van der Waals surface area (Å²) in [6.07, 6.45) is -4.25. The van der Waals surface area contributed by atoms with Crippen LogP contribution in [0.2, 0.25) is 0 Å². The number of anilines is 1. The first kappa shape index (κ1) is 19.3. The second-order valence-corrected chi connectivity index (χ2v) is 5.08. The SMILES string of the molecule is CC[C@H](C)/C(C)=N\Nc1c([N+](=O)[O-])cc(C(F)(F)F)cc1[N+](=O)[O-]. The molecule has 0 radical (unpaired) electrons. The van der Waals surface area contributed by atoms with Crippen molar-refractivity contribution in [2.75, 3.05) is 5.43 Å². The lowest BCUT2D eigenvalue weighted by atomic mass is 10.1. The van der Waals surface area contributed by atoms with E-state index in [2.05, 4.69) is 10.5 Å². The molecule has 0 aliphatic rings. The van der Waals surface area contributed by atoms with Gasteiger partial charge in [0.2, 0.25) is 5.69 Å². The third-order valence-electron chi connectivity index (χ3n) is 3.49. The highest BCUT2D eigenvalue weighted by atomic mass is 19.4. The molecule has 0 amide bonds. The first-order valence-corrected chi connectivity index (χ1v) is 6.83. The molecule has 0 heterocycles. The molecule has 1 atom stereocenters. The molecule has 1 rings (SSSR count). The van der Waals surface area contributed by atoms with Crippen molar-refractivity contribution >= 4 is 22.8 Å². The number of halogens is 3. The molecule has 0 aromatic heterocycles. The second-order valence-electron chi connectivity index (χ2n) is 5.08. The van der Waals surface area contributed by atoms with Crippen molar-refractivity contribution in [1.82, 2.24) is 0 Å². The highest BCUT2D eigenvalue weighted by molar-refractivity contribution is 5.85. The predicted octanol–water partition coefficient (Wildman–Crippen LogP) is 4.36. The summed E-state index contributed by atoms with van der Waals surface area (Å²) in [6, 6.07) is 0.479. The normalized spacial score (nSPS) is 13.5. The fourth-order valence-electron chi connectivity index (χ4n) is 1.73. The van der Waals surface area contributed by atoms with Crippen molar-refractivity contribution in [3.05, 3.63) is 37.9 Å². The van der Waals surface area contributed by atoms with Crippen LogP contribution in [0.15, 0.2) is 17.2 Å². The van der Waals surface area contributed by atoms with Gasteiger partial charge in [-0.15, -0.1) is 0 Å². The number of nitrogens with zero attached hydrogens (tertiary/aromatic N) is 3. The van der Waals surface area contributed by atoms with Gasteiger partial charge in [-0.2, -0.15) is 18.3 Å². The molecule has 0 aliphatic heterocycles. The Hall–Kier alpha value is -2.72. The topological polar surface area (TPSA) is 111 Å². The van der Waals surface area contributed by atoms with Gasteiger partial charge in [0.25, 0.3) is 0 Å². The number of nitrogens with one attached hydrogen (secondary N) is 1. The van der Waals surface area contributed by atoms with Crippen molar-refractivity contribution in [3.8, 4) is 0 Å². The molecule has 1 aromatic carbocycles. The molecule has 0 fully saturated rings. The van der Waals surface area contributed by atoms with Gasteiger partial charge in [-0.05, 0) is 19.3 Å². The van der Waals surface area contributed by atoms with Crippen molar-refractivity contribution in [2.24, 2.45) is 11.0 Å². The van der Waals surface area contributed by atoms with Crippen LogP contribution in [0.4, 0.5) is 30.2 Å². The molecular formula is C13H15F3N4O4. The summed E-state index contributed by atoms with van der Waals surface area (Å²) in [6.45, 7) is 5.28. The zero-order chi connectivity index (χ0) is 18.7. The monoisotopic (exact) mass is 348 g/mol. The van der Waals surface area contributed by atoms with Crippen LogP contribution in [0.1, 0.15) is 32.8 Å². The first-order valence-electron chi connectivity index (χ1n) is 6.83. The minimum atomic E-state index is -4.95. The zero-order valence-corrected chi connectivity index (χ0v) is 13.0. The maximum absolute atomic E-state index is 12.8. The van der Waals surface area contributed by atoms with Crippen LogP contribution in [0.25, 0.3) is 0 Å². The van der Waals surface area contributed by atoms with Gasteiger partial charge in [0.05, 0.1) is 15.4 Å². The van der Waals surface area contributed by atoms with Gasteiger partial charge in [0.15, 0.2) is 0 Å². The summed E-state index contributed by atoms with van der Waals surface area (Å²) in [5.74, 6) is -0.00920. The average molecular weight is 348 g/mol. The van der Waals surface area contributed by atoms with E-state index in [0.29, 0.717) is 12.1 Å². The van der Waals surface area contributed by atoms with E-state index in [1.165, 1.54) is 0 Å². The number of hydrogen-bond acceptors (Lipinski definition) is 6. The van der Waals surface area contributed by atoms with Crippen LogP contribution >= 0.6 is 0 Å². The Morgan fingerprint density at radius 1 is 1.25 bits per heavy atom. The van der Waals surface area contributed by atoms with Crippen molar-refractivity contribution < 1.29 is 23.0 Å². The molecule has 0 unspecified atom stereocenters. The van der Waals surface area contributed by atoms with Gasteiger partial charge < -0.3 is 0 Å². The third-order valence-corrected chi connectivity index (χ3v) is 3.49. The van der Waals surface area contributed by atoms with Crippen LogP contribution in [0.3, 0.4) is 0 Å². The van der Waals surface area contributed by atoms with Crippen LogP contribution in [-0.2, 0) is 6.18 Å². The number of alkyl halides is 3. The summed E-state index contributed by atoms with van der Waals surface area (Å²) < 4.78 is 38.3. The Bertz CT molecular complexity index is 653. The van der Waals surface area contributed by atoms with Crippen molar-refractivity contribution in [2.45, 2.75) is 33.4 Å². The molecular weight excluding hydrogens is 333 g/mol. The number of hydrogen-bond donors (Lipinski definition) is 1. The van der Waals surface area contributed by atoms with Crippen LogP contribution in [-0.4, -0.2) is 15.6 Å². The van der Waals surface area contributed by atoms with E-state index in [1.807, 2.05) is 13.8 Å². The Morgan fingerprint density at radius 3 is 2.04 bits per heavy atom. The Kier molecular flexibility index (Phi) is 5.83. The first-order chi connectivity index (χ1) is 11.0. The van der Waals surface area contributed by atoms with E-state index in [4.69, 9.17) is 0 Å². The van der Waals surface area contributed by atoms with Crippen molar-refractivity contribution in [1.29, 1.82) is 0 Å². The molecule has 0 saturated carbocycles. The Balaban J connectivity index is 3.52. The number of nitro groups is 2. The molecule has 1 aromatic rings. The number of nitro benzene ring substituents is 2. The average Bonchev–Trinajstić information content (AvgIpc) is 2.49. The van der Waals surface area contributed by atoms with Crippen molar-refractivity contribution in [3.63, 3.8) is 0 Å². The summed E-state index contributed by atoms with van der Waals surface area (Å²) in [7, 11) is 0. The summed E-state index contributed by atoms with van der Waals surface area (Å²) >= 11 is 0. The van der Waals surface area contributed by atoms with Gasteiger partial charge in [-0.3, -0.25) is 25.7 Å². The maximum Gasteiger partial charge on any atom is 0.416 e. The van der Waals surface area contributed by atoms with E-state index in [-0.39, 0.29) is 18.1 Å². The largest absolute Gasteiger partial charge is 0.416 e. The fraction of sp³-hybridized carbons (Fsp3) is 0.462. The van der Waals surface area contributed by atoms with E-state index in [0.717, 1.165) is 0 Å². The highest BCUT2D eigenvalue weighted by Crippen LogP contribution is 2.41. The van der Waals surface area contributed by atoms with Gasteiger partial charge in [0.1, 0.15) is 0 Å². The quantitative estimate of drug-likeness (QED) is 0.466. The number of hydrazone groups is 1. The highest BCUT2D eigenvalue weighted by Gasteiger charge is 2.37. The zero-order valence-electron chi connectivity index (χ0n) is 13.0. The molecule has 0 aliphatic carbocycles. The smallest absolute Gasteiger partial charge is 0.266 e. The van der Waals surface area contributed by atoms with Gasteiger partial charge in [-0.25, -0.2) is 0 Å². The molecule has 0 saturated heterocycles. The lowest BCUT2D eigenvalue weighted by Crippen LogP contribution is -2.11. The third kappa shape index (κ3) is 4.40. The standard InChI is InChI=1S/C13H15F3N4O4/c1-4-7(2)8(3)17-18-12-10(19(21)22)5-9(13(14,15)16)6-11(12)20(23)24/h5-7,18H,4H2,1-3H3/b17-8-/t7-/m0/s1. The minimum absolute atomic E-state index is 0.00920. The Morgan fingerprint density at radius 2 is 1.71 bits per heavy atom. The predicted molar refractivity (Wildman–Crippen MR) is 80.9 cm³/mol. The Labute approximate surface area is 134 Å². The molecule has 11 heteroatoms. The van der Waals surface area contributed by atoms with Gasteiger partial charge in [-0.1, -0.05) is 13.8 Å². The number of benzene rings is 1. The lowest BCUT2D eigenvalue weighted by Gasteiger charge is -2.11. The second kappa shape index (κ2) is 7.23.